The lowest BCUT2D eigenvalue weighted by Gasteiger charge is -2.47. The fraction of sp³-hybridized carbons (Fsp3) is 0.923. The molecule has 6 nitrogen and oxygen atoms in total. The molecule has 0 bridgehead atoms. The topological polar surface area (TPSA) is 63.2 Å². The van der Waals surface area contributed by atoms with E-state index < -0.39 is 17.7 Å². The summed E-state index contributed by atoms with van der Waals surface area (Å²) in [4.78, 5) is 11.9. The number of hydrogen-bond donors (Lipinski definition) is 0. The van der Waals surface area contributed by atoms with Gasteiger partial charge in [0.15, 0.2) is 12.1 Å². The minimum atomic E-state index is -0.681. The van der Waals surface area contributed by atoms with Gasteiger partial charge >= 0.3 is 5.97 Å². The summed E-state index contributed by atoms with van der Waals surface area (Å²) in [5, 5.41) is 0. The number of methoxy groups -OCH3 is 2. The third-order valence-electron chi connectivity index (χ3n) is 4.35. The van der Waals surface area contributed by atoms with Crippen molar-refractivity contribution in [3.63, 3.8) is 0 Å². The molecule has 5 atom stereocenters. The van der Waals surface area contributed by atoms with Crippen LogP contribution in [0.5, 0.6) is 0 Å². The first-order valence-corrected chi connectivity index (χ1v) is 6.57. The van der Waals surface area contributed by atoms with Crippen molar-refractivity contribution in [2.75, 3.05) is 14.2 Å². The van der Waals surface area contributed by atoms with Gasteiger partial charge in [0, 0.05) is 7.11 Å². The number of fused-ring (bicyclic) bond motifs is 2. The first-order chi connectivity index (χ1) is 8.93. The summed E-state index contributed by atoms with van der Waals surface area (Å²) in [5.41, 5.74) is -0.661. The van der Waals surface area contributed by atoms with E-state index in [1.807, 2.05) is 13.8 Å². The van der Waals surface area contributed by atoms with Crippen LogP contribution in [-0.4, -0.2) is 50.1 Å². The minimum Gasteiger partial charge on any atom is -0.469 e. The van der Waals surface area contributed by atoms with Crippen LogP contribution in [-0.2, 0) is 28.5 Å². The van der Waals surface area contributed by atoms with E-state index in [4.69, 9.17) is 23.7 Å². The van der Waals surface area contributed by atoms with Crippen LogP contribution in [0.1, 0.15) is 26.7 Å². The van der Waals surface area contributed by atoms with Crippen molar-refractivity contribution in [1.29, 1.82) is 0 Å². The van der Waals surface area contributed by atoms with Crippen molar-refractivity contribution in [3.05, 3.63) is 0 Å². The molecule has 1 aliphatic carbocycles. The predicted octanol–water partition coefficient (Wildman–Crippen LogP) is 0.831. The number of rotatable bonds is 2. The van der Waals surface area contributed by atoms with Gasteiger partial charge in [0.2, 0.25) is 0 Å². The summed E-state index contributed by atoms with van der Waals surface area (Å²) in [6, 6.07) is 0. The van der Waals surface area contributed by atoms with Crippen LogP contribution in [0.15, 0.2) is 0 Å². The number of carbonyl (C=O) groups is 1. The summed E-state index contributed by atoms with van der Waals surface area (Å²) < 4.78 is 27.9. The lowest BCUT2D eigenvalue weighted by molar-refractivity contribution is -0.279. The average Bonchev–Trinajstić information content (AvgIpc) is 2.79. The molecule has 3 rings (SSSR count). The molecule has 2 saturated heterocycles. The SMILES string of the molecule is COC(=O)[C@@H]1CC[C@@]12OC(OC)[C@H]1OC(C)(C)OC12. The van der Waals surface area contributed by atoms with Gasteiger partial charge in [0.25, 0.3) is 0 Å². The van der Waals surface area contributed by atoms with Crippen molar-refractivity contribution in [2.24, 2.45) is 5.92 Å². The maximum atomic E-state index is 11.9. The third kappa shape index (κ3) is 1.74. The van der Waals surface area contributed by atoms with Gasteiger partial charge < -0.3 is 23.7 Å². The van der Waals surface area contributed by atoms with Crippen molar-refractivity contribution in [3.8, 4) is 0 Å². The zero-order valence-corrected chi connectivity index (χ0v) is 11.7. The average molecular weight is 272 g/mol. The van der Waals surface area contributed by atoms with Gasteiger partial charge in [-0.15, -0.1) is 0 Å². The van der Waals surface area contributed by atoms with Gasteiger partial charge in [-0.05, 0) is 26.7 Å². The molecule has 0 aromatic carbocycles. The summed E-state index contributed by atoms with van der Waals surface area (Å²) in [6.45, 7) is 3.72. The van der Waals surface area contributed by atoms with Gasteiger partial charge in [0.05, 0.1) is 13.0 Å². The van der Waals surface area contributed by atoms with E-state index >= 15 is 0 Å². The molecule has 6 heteroatoms. The maximum absolute atomic E-state index is 11.9. The van der Waals surface area contributed by atoms with Crippen molar-refractivity contribution < 1.29 is 28.5 Å². The highest BCUT2D eigenvalue weighted by molar-refractivity contribution is 5.75. The molecule has 2 unspecified atom stereocenters. The van der Waals surface area contributed by atoms with Crippen LogP contribution < -0.4 is 0 Å². The van der Waals surface area contributed by atoms with Crippen molar-refractivity contribution >= 4 is 5.97 Å². The van der Waals surface area contributed by atoms with Crippen LogP contribution in [0.2, 0.25) is 0 Å². The second kappa shape index (κ2) is 4.15. The largest absolute Gasteiger partial charge is 0.469 e. The smallest absolute Gasteiger partial charge is 0.311 e. The summed E-state index contributed by atoms with van der Waals surface area (Å²) in [7, 11) is 2.96. The quantitative estimate of drug-likeness (QED) is 0.694. The lowest BCUT2D eigenvalue weighted by Crippen LogP contribution is -2.59. The zero-order chi connectivity index (χ0) is 13.8. The molecule has 0 amide bonds. The molecule has 108 valence electrons. The zero-order valence-electron chi connectivity index (χ0n) is 11.7. The highest BCUT2D eigenvalue weighted by atomic mass is 16.8. The molecular weight excluding hydrogens is 252 g/mol. The number of carbonyl (C=O) groups excluding carboxylic acids is 1. The fourth-order valence-electron chi connectivity index (χ4n) is 3.41. The van der Waals surface area contributed by atoms with E-state index in [0.717, 1.165) is 12.8 Å². The van der Waals surface area contributed by atoms with E-state index in [1.165, 1.54) is 7.11 Å². The summed E-state index contributed by atoms with van der Waals surface area (Å²) in [6.07, 6.45) is 0.417. The molecule has 0 aromatic rings. The Morgan fingerprint density at radius 2 is 1.95 bits per heavy atom. The number of hydrogen-bond acceptors (Lipinski definition) is 6. The Hall–Kier alpha value is -0.690. The number of esters is 1. The van der Waals surface area contributed by atoms with Gasteiger partial charge in [-0.1, -0.05) is 0 Å². The van der Waals surface area contributed by atoms with E-state index in [1.54, 1.807) is 7.11 Å². The van der Waals surface area contributed by atoms with E-state index in [9.17, 15) is 4.79 Å². The standard InChI is InChI=1S/C13H20O6/c1-12(2)17-8-9(18-12)13(19-11(8)16-4)6-5-7(13)10(14)15-3/h7-9,11H,5-6H2,1-4H3/t7-,8-,9?,11?,13+/m0/s1. The van der Waals surface area contributed by atoms with Crippen LogP contribution >= 0.6 is 0 Å². The Morgan fingerprint density at radius 1 is 1.21 bits per heavy atom. The van der Waals surface area contributed by atoms with Crippen LogP contribution in [0, 0.1) is 5.92 Å². The number of ether oxygens (including phenoxy) is 5. The second-order valence-corrected chi connectivity index (χ2v) is 5.81. The molecule has 1 spiro atoms. The molecule has 1 saturated carbocycles. The van der Waals surface area contributed by atoms with Gasteiger partial charge in [-0.2, -0.15) is 0 Å². The highest BCUT2D eigenvalue weighted by Gasteiger charge is 2.70. The molecule has 0 N–H and O–H groups in total. The van der Waals surface area contributed by atoms with Gasteiger partial charge in [-0.25, -0.2) is 0 Å². The fourth-order valence-corrected chi connectivity index (χ4v) is 3.41. The molecular formula is C13H20O6. The Bertz CT molecular complexity index is 395. The second-order valence-electron chi connectivity index (χ2n) is 5.81. The van der Waals surface area contributed by atoms with Crippen LogP contribution in [0.3, 0.4) is 0 Å². The molecule has 0 aromatic heterocycles. The molecule has 2 aliphatic heterocycles. The van der Waals surface area contributed by atoms with Gasteiger partial charge in [-0.3, -0.25) is 4.79 Å². The first kappa shape index (κ1) is 13.3. The molecule has 3 aliphatic rings. The minimum absolute atomic E-state index is 0.255. The van der Waals surface area contributed by atoms with E-state index in [-0.39, 0.29) is 24.1 Å². The Balaban J connectivity index is 1.89. The van der Waals surface area contributed by atoms with E-state index in [0.29, 0.717) is 0 Å². The normalized spacial score (nSPS) is 46.9. The van der Waals surface area contributed by atoms with Crippen molar-refractivity contribution in [1.82, 2.24) is 0 Å². The summed E-state index contributed by atoms with van der Waals surface area (Å²) >= 11 is 0. The lowest BCUT2D eigenvalue weighted by atomic mass is 9.66. The Morgan fingerprint density at radius 3 is 2.47 bits per heavy atom. The molecule has 19 heavy (non-hydrogen) atoms. The monoisotopic (exact) mass is 272 g/mol. The van der Waals surface area contributed by atoms with Crippen molar-refractivity contribution in [2.45, 2.75) is 56.6 Å². The van der Waals surface area contributed by atoms with E-state index in [2.05, 4.69) is 0 Å². The Kier molecular flexibility index (Phi) is 2.91. The third-order valence-corrected chi connectivity index (χ3v) is 4.35. The summed E-state index contributed by atoms with van der Waals surface area (Å²) in [5.74, 6) is -1.24. The predicted molar refractivity (Wildman–Crippen MR) is 63.2 cm³/mol. The molecule has 3 fully saturated rings. The Labute approximate surface area is 112 Å². The molecule has 2 heterocycles. The van der Waals surface area contributed by atoms with Gasteiger partial charge in [0.1, 0.15) is 17.8 Å². The first-order valence-electron chi connectivity index (χ1n) is 6.57. The molecule has 0 radical (unpaired) electrons. The maximum Gasteiger partial charge on any atom is 0.311 e. The van der Waals surface area contributed by atoms with Crippen LogP contribution in [0.25, 0.3) is 0 Å². The van der Waals surface area contributed by atoms with Crippen LogP contribution in [0.4, 0.5) is 0 Å². The highest BCUT2D eigenvalue weighted by Crippen LogP contribution is 2.56.